The number of hydrogen-bond donors (Lipinski definition) is 1. The number of rotatable bonds is 45. The average molecular weight is 781 g/mol. The van der Waals surface area contributed by atoms with Crippen LogP contribution in [0.2, 0.25) is 0 Å². The molecule has 2 N–H and O–H groups in total. The fourth-order valence-electron chi connectivity index (χ4n) is 7.75. The summed E-state index contributed by atoms with van der Waals surface area (Å²) in [5, 5.41) is 0. The van der Waals surface area contributed by atoms with Crippen LogP contribution in [0, 0.1) is 11.8 Å². The summed E-state index contributed by atoms with van der Waals surface area (Å²) in [5.74, 6) is 0.974. The minimum atomic E-state index is 0.00576. The molecule has 0 aromatic heterocycles. The van der Waals surface area contributed by atoms with Crippen molar-refractivity contribution in [1.82, 2.24) is 4.90 Å². The molecule has 0 aliphatic heterocycles. The van der Waals surface area contributed by atoms with Crippen LogP contribution in [0.3, 0.4) is 0 Å². The van der Waals surface area contributed by atoms with Gasteiger partial charge in [-0.15, -0.1) is 0 Å². The number of carbonyl (C=O) groups excluding carboxylic acids is 2. The molecule has 55 heavy (non-hydrogen) atoms. The molecule has 0 heterocycles. The van der Waals surface area contributed by atoms with Crippen LogP contribution < -0.4 is 5.73 Å². The first-order valence-corrected chi connectivity index (χ1v) is 24.3. The summed E-state index contributed by atoms with van der Waals surface area (Å²) >= 11 is 0. The van der Waals surface area contributed by atoms with Gasteiger partial charge in [-0.3, -0.25) is 9.59 Å². The van der Waals surface area contributed by atoms with E-state index in [4.69, 9.17) is 19.9 Å². The van der Waals surface area contributed by atoms with Gasteiger partial charge in [-0.05, 0) is 89.1 Å². The van der Waals surface area contributed by atoms with Crippen molar-refractivity contribution in [2.45, 2.75) is 233 Å². The van der Waals surface area contributed by atoms with Gasteiger partial charge in [0.25, 0.3) is 0 Å². The Morgan fingerprint density at radius 3 is 1.15 bits per heavy atom. The quantitative estimate of drug-likeness (QED) is 0.0486. The summed E-state index contributed by atoms with van der Waals surface area (Å²) in [5.41, 5.74) is 5.63. The van der Waals surface area contributed by atoms with E-state index in [-0.39, 0.29) is 11.9 Å². The molecule has 0 fully saturated rings. The van der Waals surface area contributed by atoms with Crippen LogP contribution in [-0.4, -0.2) is 69.4 Å². The highest BCUT2D eigenvalue weighted by molar-refractivity contribution is 5.70. The maximum Gasteiger partial charge on any atom is 0.306 e. The summed E-state index contributed by atoms with van der Waals surface area (Å²) in [4.78, 5) is 28.0. The highest BCUT2D eigenvalue weighted by Crippen LogP contribution is 2.24. The topological polar surface area (TPSA) is 91.1 Å². The molecule has 0 bridgehead atoms. The molecular weight excluding hydrogens is 685 g/mol. The van der Waals surface area contributed by atoms with E-state index in [1.165, 1.54) is 154 Å². The number of hydrogen-bond acceptors (Lipinski definition) is 7. The molecular formula is C48H96N2O5. The Kier molecular flexibility index (Phi) is 43.0. The third-order valence-electron chi connectivity index (χ3n) is 11.4. The van der Waals surface area contributed by atoms with Gasteiger partial charge in [-0.2, -0.15) is 0 Å². The number of esters is 2. The third kappa shape index (κ3) is 39.4. The van der Waals surface area contributed by atoms with E-state index in [1.807, 2.05) is 0 Å². The molecule has 0 saturated carbocycles. The van der Waals surface area contributed by atoms with Crippen LogP contribution in [0.1, 0.15) is 233 Å². The van der Waals surface area contributed by atoms with Crippen LogP contribution in [0.5, 0.6) is 0 Å². The van der Waals surface area contributed by atoms with Crippen molar-refractivity contribution in [1.29, 1.82) is 0 Å². The monoisotopic (exact) mass is 781 g/mol. The Morgan fingerprint density at radius 1 is 0.418 bits per heavy atom. The molecule has 0 aromatic rings. The maximum absolute atomic E-state index is 12.8. The summed E-state index contributed by atoms with van der Waals surface area (Å²) in [6.45, 7) is 14.9. The van der Waals surface area contributed by atoms with Crippen molar-refractivity contribution in [2.75, 3.05) is 52.6 Å². The highest BCUT2D eigenvalue weighted by Gasteiger charge is 2.16. The van der Waals surface area contributed by atoms with Crippen molar-refractivity contribution >= 4 is 11.9 Å². The normalized spacial score (nSPS) is 12.7. The SMILES string of the molecule is CCCCCCCCC(CCCCCC)CC(=O)OCCCCCN(CCCCCOC(=O)CC(CCCCCC)CCCCCCCC)CCOCCN. The summed E-state index contributed by atoms with van der Waals surface area (Å²) in [6.07, 6.45) is 37.8. The van der Waals surface area contributed by atoms with Crippen molar-refractivity contribution in [3.05, 3.63) is 0 Å². The summed E-state index contributed by atoms with van der Waals surface area (Å²) in [7, 11) is 0. The minimum absolute atomic E-state index is 0.00576. The summed E-state index contributed by atoms with van der Waals surface area (Å²) in [6, 6.07) is 0. The lowest BCUT2D eigenvalue weighted by molar-refractivity contribution is -0.146. The van der Waals surface area contributed by atoms with E-state index in [0.29, 0.717) is 57.6 Å². The fraction of sp³-hybridized carbons (Fsp3) is 0.958. The van der Waals surface area contributed by atoms with E-state index >= 15 is 0 Å². The second kappa shape index (κ2) is 43.9. The lowest BCUT2D eigenvalue weighted by Crippen LogP contribution is -2.30. The first-order chi connectivity index (χ1) is 27.0. The number of carbonyl (C=O) groups is 2. The largest absolute Gasteiger partial charge is 0.466 e. The number of unbranched alkanes of at least 4 members (excludes halogenated alkanes) is 20. The Labute approximate surface area is 343 Å². The molecule has 2 unspecified atom stereocenters. The van der Waals surface area contributed by atoms with Gasteiger partial charge < -0.3 is 24.8 Å². The second-order valence-electron chi connectivity index (χ2n) is 16.8. The molecule has 7 heteroatoms. The first kappa shape index (κ1) is 53.8. The molecule has 0 aromatic carbocycles. The van der Waals surface area contributed by atoms with Gasteiger partial charge in [0, 0.05) is 25.9 Å². The zero-order valence-electron chi connectivity index (χ0n) is 37.5. The molecule has 0 rings (SSSR count). The second-order valence-corrected chi connectivity index (χ2v) is 16.8. The van der Waals surface area contributed by atoms with Crippen LogP contribution >= 0.6 is 0 Å². The third-order valence-corrected chi connectivity index (χ3v) is 11.4. The van der Waals surface area contributed by atoms with Gasteiger partial charge in [0.1, 0.15) is 0 Å². The minimum Gasteiger partial charge on any atom is -0.466 e. The smallest absolute Gasteiger partial charge is 0.306 e. The van der Waals surface area contributed by atoms with Gasteiger partial charge in [-0.25, -0.2) is 0 Å². The molecule has 0 radical (unpaired) electrons. The zero-order valence-corrected chi connectivity index (χ0v) is 37.5. The van der Waals surface area contributed by atoms with Crippen molar-refractivity contribution in [3.63, 3.8) is 0 Å². The molecule has 2 atom stereocenters. The van der Waals surface area contributed by atoms with E-state index in [1.54, 1.807) is 0 Å². The fourth-order valence-corrected chi connectivity index (χ4v) is 7.75. The Morgan fingerprint density at radius 2 is 0.764 bits per heavy atom. The average Bonchev–Trinajstić information content (AvgIpc) is 3.18. The van der Waals surface area contributed by atoms with Crippen LogP contribution in [0.4, 0.5) is 0 Å². The molecule has 7 nitrogen and oxygen atoms in total. The van der Waals surface area contributed by atoms with Crippen molar-refractivity contribution < 1.29 is 23.8 Å². The van der Waals surface area contributed by atoms with Gasteiger partial charge >= 0.3 is 11.9 Å². The number of nitrogens with zero attached hydrogens (tertiary/aromatic N) is 1. The number of ether oxygens (including phenoxy) is 3. The van der Waals surface area contributed by atoms with Crippen LogP contribution in [-0.2, 0) is 23.8 Å². The van der Waals surface area contributed by atoms with Gasteiger partial charge in [0.15, 0.2) is 0 Å². The molecule has 0 aliphatic rings. The Hall–Kier alpha value is -1.18. The van der Waals surface area contributed by atoms with Crippen LogP contribution in [0.15, 0.2) is 0 Å². The molecule has 0 amide bonds. The van der Waals surface area contributed by atoms with Crippen molar-refractivity contribution in [2.24, 2.45) is 17.6 Å². The van der Waals surface area contributed by atoms with Crippen LogP contribution in [0.25, 0.3) is 0 Å². The lowest BCUT2D eigenvalue weighted by Gasteiger charge is -2.22. The van der Waals surface area contributed by atoms with Crippen molar-refractivity contribution in [3.8, 4) is 0 Å². The van der Waals surface area contributed by atoms with E-state index < -0.39 is 0 Å². The molecule has 0 aliphatic carbocycles. The van der Waals surface area contributed by atoms with E-state index in [2.05, 4.69) is 32.6 Å². The van der Waals surface area contributed by atoms with Gasteiger partial charge in [-0.1, -0.05) is 156 Å². The van der Waals surface area contributed by atoms with Gasteiger partial charge in [0.05, 0.1) is 26.4 Å². The summed E-state index contributed by atoms with van der Waals surface area (Å²) < 4.78 is 17.2. The van der Waals surface area contributed by atoms with E-state index in [0.717, 1.165) is 58.2 Å². The lowest BCUT2D eigenvalue weighted by atomic mass is 9.91. The predicted octanol–water partition coefficient (Wildman–Crippen LogP) is 13.1. The van der Waals surface area contributed by atoms with E-state index in [9.17, 15) is 9.59 Å². The van der Waals surface area contributed by atoms with Gasteiger partial charge in [0.2, 0.25) is 0 Å². The molecule has 328 valence electrons. The molecule has 0 spiro atoms. The predicted molar refractivity (Wildman–Crippen MR) is 236 cm³/mol. The first-order valence-electron chi connectivity index (χ1n) is 24.3. The number of nitrogens with two attached hydrogens (primary N) is 1. The standard InChI is InChI=1S/C48H96N2O5/c1-5-9-13-17-19-25-33-45(31-23-15-11-7-3)43-47(51)54-39-29-21-27-36-50(38-42-53-41-35-49)37-28-22-30-40-55-48(52)44-46(32-24-16-12-8-4)34-26-20-18-14-10-6-2/h45-46H,5-44,49H2,1-4H3. The Balaban J connectivity index is 4.44. The zero-order chi connectivity index (χ0) is 40.3. The highest BCUT2D eigenvalue weighted by atomic mass is 16.5. The maximum atomic E-state index is 12.8. The Bertz CT molecular complexity index is 738. The molecule has 0 saturated heterocycles.